The van der Waals surface area contributed by atoms with Gasteiger partial charge in [0, 0.05) is 10.9 Å². The van der Waals surface area contributed by atoms with E-state index in [2.05, 4.69) is 4.98 Å². The molecular weight excluding hydrogens is 268 g/mol. The fourth-order valence-electron chi connectivity index (χ4n) is 1.83. The lowest BCUT2D eigenvalue weighted by Crippen LogP contribution is -2.26. The molecule has 3 rings (SSSR count). The van der Waals surface area contributed by atoms with Crippen LogP contribution in [0.25, 0.3) is 10.6 Å². The summed E-state index contributed by atoms with van der Waals surface area (Å²) in [6.45, 7) is 3.17. The van der Waals surface area contributed by atoms with Crippen LogP contribution in [0.3, 0.4) is 0 Å². The molecule has 1 saturated heterocycles. The summed E-state index contributed by atoms with van der Waals surface area (Å²) in [7, 11) is 0. The molecule has 2 aromatic heterocycles. The number of rotatable bonds is 2. The van der Waals surface area contributed by atoms with Crippen LogP contribution in [0.5, 0.6) is 0 Å². The number of carbonyl (C=O) groups is 1. The highest BCUT2D eigenvalue weighted by Crippen LogP contribution is 2.30. The van der Waals surface area contributed by atoms with Crippen molar-refractivity contribution in [3.05, 3.63) is 27.4 Å². The number of amides is 1. The maximum absolute atomic E-state index is 12.2. The third kappa shape index (κ3) is 2.07. The van der Waals surface area contributed by atoms with Gasteiger partial charge in [0.25, 0.3) is 5.91 Å². The minimum atomic E-state index is -0.0658. The first-order chi connectivity index (χ1) is 8.75. The summed E-state index contributed by atoms with van der Waals surface area (Å²) in [6, 6.07) is 2.02. The summed E-state index contributed by atoms with van der Waals surface area (Å²) in [6.07, 6.45) is 0.904. The molecule has 1 aliphatic rings. The van der Waals surface area contributed by atoms with Crippen molar-refractivity contribution in [2.24, 2.45) is 0 Å². The number of aryl methyl sites for hydroxylation is 1. The lowest BCUT2D eigenvalue weighted by atomic mass is 10.3. The van der Waals surface area contributed by atoms with E-state index in [-0.39, 0.29) is 5.91 Å². The van der Waals surface area contributed by atoms with Gasteiger partial charge < -0.3 is 0 Å². The Morgan fingerprint density at radius 2 is 2.44 bits per heavy atom. The Balaban J connectivity index is 1.90. The van der Waals surface area contributed by atoms with Crippen molar-refractivity contribution in [2.45, 2.75) is 13.3 Å². The molecule has 0 aliphatic carbocycles. The zero-order valence-corrected chi connectivity index (χ0v) is 11.5. The predicted molar refractivity (Wildman–Crippen MR) is 71.8 cm³/mol. The van der Waals surface area contributed by atoms with Crippen LogP contribution in [-0.4, -0.2) is 29.1 Å². The molecule has 3 heterocycles. The summed E-state index contributed by atoms with van der Waals surface area (Å²) in [5.41, 5.74) is 1.86. The van der Waals surface area contributed by atoms with E-state index >= 15 is 0 Å². The topological polar surface area (TPSA) is 42.4 Å². The lowest BCUT2D eigenvalue weighted by molar-refractivity contribution is -0.0765. The fourth-order valence-corrected chi connectivity index (χ4v) is 3.54. The number of nitrogens with zero attached hydrogens (tertiary/aromatic N) is 2. The third-order valence-corrected chi connectivity index (χ3v) is 4.62. The van der Waals surface area contributed by atoms with E-state index in [0.29, 0.717) is 18.0 Å². The van der Waals surface area contributed by atoms with Crippen LogP contribution in [0, 0.1) is 6.92 Å². The summed E-state index contributed by atoms with van der Waals surface area (Å²) < 4.78 is 0. The highest BCUT2D eigenvalue weighted by Gasteiger charge is 2.25. The van der Waals surface area contributed by atoms with E-state index in [1.807, 2.05) is 23.8 Å². The Labute approximate surface area is 113 Å². The van der Waals surface area contributed by atoms with Crippen molar-refractivity contribution in [2.75, 3.05) is 13.2 Å². The second-order valence-corrected chi connectivity index (χ2v) is 5.82. The molecule has 0 saturated carbocycles. The van der Waals surface area contributed by atoms with E-state index in [9.17, 15) is 4.79 Å². The Kier molecular flexibility index (Phi) is 3.15. The van der Waals surface area contributed by atoms with Gasteiger partial charge >= 0.3 is 0 Å². The molecule has 0 N–H and O–H groups in total. The zero-order chi connectivity index (χ0) is 12.5. The van der Waals surface area contributed by atoms with Crippen molar-refractivity contribution in [1.29, 1.82) is 0 Å². The predicted octanol–water partition coefficient (Wildman–Crippen LogP) is 2.96. The Morgan fingerprint density at radius 3 is 3.11 bits per heavy atom. The van der Waals surface area contributed by atoms with E-state index in [1.54, 1.807) is 11.3 Å². The molecular formula is C12H12N2O2S2. The van der Waals surface area contributed by atoms with E-state index < -0.39 is 0 Å². The highest BCUT2D eigenvalue weighted by molar-refractivity contribution is 7.17. The van der Waals surface area contributed by atoms with Crippen molar-refractivity contribution < 1.29 is 9.63 Å². The molecule has 1 aliphatic heterocycles. The maximum Gasteiger partial charge on any atom is 0.289 e. The first-order valence-corrected chi connectivity index (χ1v) is 7.46. The molecule has 0 bridgehead atoms. The molecule has 6 heteroatoms. The molecule has 2 aromatic rings. The standard InChI is InChI=1S/C12H12N2O2S2/c1-8-10(12(15)14-4-2-5-16-14)18-11(13-8)9-3-6-17-7-9/h3,6-7H,2,4-5H2,1H3. The molecule has 4 nitrogen and oxygen atoms in total. The van der Waals surface area contributed by atoms with Crippen LogP contribution in [0.15, 0.2) is 16.8 Å². The number of hydroxylamine groups is 2. The van der Waals surface area contributed by atoms with Gasteiger partial charge in [0.1, 0.15) is 9.88 Å². The maximum atomic E-state index is 12.2. The van der Waals surface area contributed by atoms with Crippen LogP contribution >= 0.6 is 22.7 Å². The number of hydrogen-bond donors (Lipinski definition) is 0. The molecule has 94 valence electrons. The van der Waals surface area contributed by atoms with Gasteiger partial charge in [-0.2, -0.15) is 11.3 Å². The number of carbonyl (C=O) groups excluding carboxylic acids is 1. The van der Waals surface area contributed by atoms with E-state index in [0.717, 1.165) is 22.7 Å². The minimum absolute atomic E-state index is 0.0658. The summed E-state index contributed by atoms with van der Waals surface area (Å²) >= 11 is 3.07. The van der Waals surface area contributed by atoms with Gasteiger partial charge in [0.2, 0.25) is 0 Å². The molecule has 1 fully saturated rings. The van der Waals surface area contributed by atoms with Crippen molar-refractivity contribution in [3.63, 3.8) is 0 Å². The van der Waals surface area contributed by atoms with Gasteiger partial charge in [-0.1, -0.05) is 0 Å². The summed E-state index contributed by atoms with van der Waals surface area (Å²) in [5, 5.41) is 6.39. The quantitative estimate of drug-likeness (QED) is 0.849. The van der Waals surface area contributed by atoms with Crippen molar-refractivity contribution in [1.82, 2.24) is 10.0 Å². The van der Waals surface area contributed by atoms with Gasteiger partial charge in [-0.25, -0.2) is 10.0 Å². The van der Waals surface area contributed by atoms with Crippen LogP contribution in [-0.2, 0) is 4.84 Å². The zero-order valence-electron chi connectivity index (χ0n) is 9.88. The van der Waals surface area contributed by atoms with E-state index in [1.165, 1.54) is 16.4 Å². The van der Waals surface area contributed by atoms with E-state index in [4.69, 9.17) is 4.84 Å². The molecule has 0 unspecified atom stereocenters. The summed E-state index contributed by atoms with van der Waals surface area (Å²) in [4.78, 5) is 22.7. The second kappa shape index (κ2) is 4.79. The van der Waals surface area contributed by atoms with Crippen molar-refractivity contribution >= 4 is 28.6 Å². The number of thiophene rings is 1. The smallest absolute Gasteiger partial charge is 0.271 e. The SMILES string of the molecule is Cc1nc(-c2ccsc2)sc1C(=O)N1CCCO1. The molecule has 18 heavy (non-hydrogen) atoms. The Morgan fingerprint density at radius 1 is 1.56 bits per heavy atom. The molecule has 0 spiro atoms. The first-order valence-electron chi connectivity index (χ1n) is 5.70. The minimum Gasteiger partial charge on any atom is -0.271 e. The molecule has 0 atom stereocenters. The van der Waals surface area contributed by atoms with Gasteiger partial charge in [-0.05, 0) is 24.8 Å². The number of aromatic nitrogens is 1. The number of thiazole rings is 1. The first kappa shape index (κ1) is 11.8. The van der Waals surface area contributed by atoms with Crippen molar-refractivity contribution in [3.8, 4) is 10.6 Å². The van der Waals surface area contributed by atoms with Crippen LogP contribution in [0.4, 0.5) is 0 Å². The van der Waals surface area contributed by atoms with Crippen LogP contribution < -0.4 is 0 Å². The number of hydrogen-bond acceptors (Lipinski definition) is 5. The molecule has 0 radical (unpaired) electrons. The third-order valence-electron chi connectivity index (χ3n) is 2.74. The average Bonchev–Trinajstić information content (AvgIpc) is 3.10. The normalized spacial score (nSPS) is 15.3. The lowest BCUT2D eigenvalue weighted by Gasteiger charge is -2.12. The van der Waals surface area contributed by atoms with Gasteiger partial charge in [0.05, 0.1) is 18.8 Å². The monoisotopic (exact) mass is 280 g/mol. The largest absolute Gasteiger partial charge is 0.289 e. The van der Waals surface area contributed by atoms with Gasteiger partial charge in [-0.3, -0.25) is 9.63 Å². The average molecular weight is 280 g/mol. The van der Waals surface area contributed by atoms with Crippen LogP contribution in [0.1, 0.15) is 21.8 Å². The van der Waals surface area contributed by atoms with Gasteiger partial charge in [-0.15, -0.1) is 11.3 Å². The summed E-state index contributed by atoms with van der Waals surface area (Å²) in [5.74, 6) is -0.0658. The molecule has 0 aromatic carbocycles. The van der Waals surface area contributed by atoms with Gasteiger partial charge in [0.15, 0.2) is 0 Å². The molecule has 1 amide bonds. The fraction of sp³-hybridized carbons (Fsp3) is 0.333. The Bertz CT molecular complexity index is 557. The Hall–Kier alpha value is -1.24. The van der Waals surface area contributed by atoms with Crippen LogP contribution in [0.2, 0.25) is 0 Å². The second-order valence-electron chi connectivity index (χ2n) is 4.04. The highest BCUT2D eigenvalue weighted by atomic mass is 32.1.